The molecular formula is C9H12Cl3NO. The van der Waals surface area contributed by atoms with Gasteiger partial charge in [-0.2, -0.15) is 0 Å². The van der Waals surface area contributed by atoms with Crippen molar-refractivity contribution in [2.45, 2.75) is 41.4 Å². The second kappa shape index (κ2) is 3.73. The van der Waals surface area contributed by atoms with E-state index in [1.165, 1.54) is 0 Å². The minimum atomic E-state index is -1.33. The molecule has 80 valence electrons. The summed E-state index contributed by atoms with van der Waals surface area (Å²) in [6, 6.07) is 0.0579. The van der Waals surface area contributed by atoms with Crippen LogP contribution in [0.3, 0.4) is 0 Å². The highest BCUT2D eigenvalue weighted by Gasteiger charge is 2.55. The van der Waals surface area contributed by atoms with E-state index in [2.05, 4.69) is 5.32 Å². The summed E-state index contributed by atoms with van der Waals surface area (Å²) in [6.07, 6.45) is 3.98. The van der Waals surface area contributed by atoms with Gasteiger partial charge >= 0.3 is 0 Å². The van der Waals surface area contributed by atoms with E-state index < -0.39 is 4.33 Å². The van der Waals surface area contributed by atoms with Crippen molar-refractivity contribution in [3.05, 3.63) is 0 Å². The second-order valence-electron chi connectivity index (χ2n) is 4.03. The molecule has 1 heterocycles. The van der Waals surface area contributed by atoms with Gasteiger partial charge in [0.15, 0.2) is 0 Å². The Hall–Kier alpha value is 0.340. The zero-order valence-electron chi connectivity index (χ0n) is 7.60. The number of rotatable bonds is 0. The highest BCUT2D eigenvalue weighted by Crippen LogP contribution is 2.45. The van der Waals surface area contributed by atoms with Crippen LogP contribution in [0.2, 0.25) is 0 Å². The van der Waals surface area contributed by atoms with E-state index >= 15 is 0 Å². The molecule has 0 radical (unpaired) electrons. The van der Waals surface area contributed by atoms with Crippen molar-refractivity contribution in [2.24, 2.45) is 5.92 Å². The summed E-state index contributed by atoms with van der Waals surface area (Å²) >= 11 is 18.3. The van der Waals surface area contributed by atoms with Crippen LogP contribution in [0.15, 0.2) is 0 Å². The molecule has 2 nitrogen and oxygen atoms in total. The Morgan fingerprint density at radius 3 is 2.64 bits per heavy atom. The summed E-state index contributed by atoms with van der Waals surface area (Å²) in [5.41, 5.74) is 0. The smallest absolute Gasteiger partial charge is 0.257 e. The van der Waals surface area contributed by atoms with Crippen LogP contribution in [0.4, 0.5) is 0 Å². The minimum Gasteiger partial charge on any atom is -0.350 e. The van der Waals surface area contributed by atoms with Gasteiger partial charge in [0.25, 0.3) is 5.91 Å². The molecule has 0 unspecified atom stereocenters. The first kappa shape index (κ1) is 10.8. The normalized spacial score (nSPS) is 41.4. The largest absolute Gasteiger partial charge is 0.350 e. The zero-order valence-corrected chi connectivity index (χ0v) is 9.87. The van der Waals surface area contributed by atoms with Crippen LogP contribution < -0.4 is 5.32 Å². The third-order valence-electron chi connectivity index (χ3n) is 3.11. The van der Waals surface area contributed by atoms with Crippen molar-refractivity contribution in [3.63, 3.8) is 0 Å². The Bertz CT molecular complexity index is 256. The number of amides is 1. The first-order valence-corrected chi connectivity index (χ1v) is 6.05. The Morgan fingerprint density at radius 2 is 1.93 bits per heavy atom. The van der Waals surface area contributed by atoms with Gasteiger partial charge in [-0.05, 0) is 12.8 Å². The molecule has 0 aromatic rings. The lowest BCUT2D eigenvalue weighted by atomic mass is 9.94. The molecule has 2 rings (SSSR count). The van der Waals surface area contributed by atoms with Gasteiger partial charge in [-0.3, -0.25) is 4.79 Å². The maximum atomic E-state index is 11.5. The Balaban J connectivity index is 2.27. The van der Waals surface area contributed by atoms with Crippen molar-refractivity contribution in [2.75, 3.05) is 0 Å². The van der Waals surface area contributed by atoms with Crippen molar-refractivity contribution in [1.29, 1.82) is 0 Å². The Labute approximate surface area is 98.3 Å². The van der Waals surface area contributed by atoms with Gasteiger partial charge in [0.2, 0.25) is 4.33 Å². The Morgan fingerprint density at radius 1 is 1.29 bits per heavy atom. The van der Waals surface area contributed by atoms with E-state index in [4.69, 9.17) is 34.8 Å². The lowest BCUT2D eigenvalue weighted by Gasteiger charge is -2.25. The standard InChI is InChI=1S/C9H12Cl3NO/c10-5-3-1-2-4-6-7(5)9(11,12)8(14)13-6/h5-7H,1-4H2,(H,13,14)/t5-,6-,7+/m1/s1. The first-order valence-electron chi connectivity index (χ1n) is 4.86. The van der Waals surface area contributed by atoms with Crippen molar-refractivity contribution >= 4 is 40.7 Å². The summed E-state index contributed by atoms with van der Waals surface area (Å²) < 4.78 is -1.33. The molecule has 1 amide bonds. The highest BCUT2D eigenvalue weighted by molar-refractivity contribution is 6.59. The number of fused-ring (bicyclic) bond motifs is 1. The van der Waals surface area contributed by atoms with E-state index in [0.29, 0.717) is 0 Å². The van der Waals surface area contributed by atoms with E-state index in [0.717, 1.165) is 25.7 Å². The fourth-order valence-corrected chi connectivity index (χ4v) is 3.74. The summed E-state index contributed by atoms with van der Waals surface area (Å²) in [5.74, 6) is -0.439. The summed E-state index contributed by atoms with van der Waals surface area (Å²) in [4.78, 5) is 11.5. The van der Waals surface area contributed by atoms with Crippen LogP contribution in [0.5, 0.6) is 0 Å². The average molecular weight is 257 g/mol. The van der Waals surface area contributed by atoms with Crippen LogP contribution in [0.25, 0.3) is 0 Å². The third kappa shape index (κ3) is 1.62. The average Bonchev–Trinajstić information content (AvgIpc) is 2.26. The number of hydrogen-bond donors (Lipinski definition) is 1. The molecule has 14 heavy (non-hydrogen) atoms. The summed E-state index contributed by atoms with van der Waals surface area (Å²) in [5, 5.41) is 2.73. The van der Waals surface area contributed by atoms with Crippen LogP contribution in [0.1, 0.15) is 25.7 Å². The third-order valence-corrected chi connectivity index (χ3v) is 4.44. The lowest BCUT2D eigenvalue weighted by molar-refractivity contribution is -0.120. The van der Waals surface area contributed by atoms with Crippen LogP contribution in [-0.2, 0) is 4.79 Å². The number of carbonyl (C=O) groups is 1. The molecule has 3 atom stereocenters. The number of carbonyl (C=O) groups excluding carboxylic acids is 1. The fourth-order valence-electron chi connectivity index (χ4n) is 2.37. The number of nitrogens with one attached hydrogen (secondary N) is 1. The van der Waals surface area contributed by atoms with Crippen LogP contribution in [0, 0.1) is 5.92 Å². The molecule has 0 bridgehead atoms. The number of hydrogen-bond acceptors (Lipinski definition) is 1. The van der Waals surface area contributed by atoms with Crippen LogP contribution >= 0.6 is 34.8 Å². The molecule has 1 saturated heterocycles. The van der Waals surface area contributed by atoms with E-state index in [9.17, 15) is 4.79 Å². The van der Waals surface area contributed by atoms with Gasteiger partial charge in [0, 0.05) is 17.3 Å². The van der Waals surface area contributed by atoms with E-state index in [1.54, 1.807) is 0 Å². The second-order valence-corrected chi connectivity index (χ2v) is 5.98. The van der Waals surface area contributed by atoms with Gasteiger partial charge in [-0.25, -0.2) is 0 Å². The quantitative estimate of drug-likeness (QED) is 0.663. The molecule has 2 fully saturated rings. The van der Waals surface area contributed by atoms with Gasteiger partial charge in [0.05, 0.1) is 0 Å². The van der Waals surface area contributed by atoms with Crippen molar-refractivity contribution in [3.8, 4) is 0 Å². The zero-order chi connectivity index (χ0) is 10.3. The van der Waals surface area contributed by atoms with Crippen molar-refractivity contribution < 1.29 is 4.79 Å². The highest BCUT2D eigenvalue weighted by atomic mass is 35.5. The van der Waals surface area contributed by atoms with E-state index in [1.807, 2.05) is 0 Å². The summed E-state index contributed by atoms with van der Waals surface area (Å²) in [6.45, 7) is 0. The molecule has 5 heteroatoms. The van der Waals surface area contributed by atoms with Gasteiger partial charge in [-0.15, -0.1) is 11.6 Å². The molecule has 1 aliphatic carbocycles. The molecule has 2 aliphatic rings. The SMILES string of the molecule is O=C1N[C@@H]2CCCC[C@@H](Cl)[C@@H]2C1(Cl)Cl. The molecular weight excluding hydrogens is 244 g/mol. The fraction of sp³-hybridized carbons (Fsp3) is 0.889. The van der Waals surface area contributed by atoms with E-state index in [-0.39, 0.29) is 23.2 Å². The molecule has 0 aromatic heterocycles. The number of halogens is 3. The predicted molar refractivity (Wildman–Crippen MR) is 58.0 cm³/mol. The minimum absolute atomic E-state index is 0.0579. The van der Waals surface area contributed by atoms with Gasteiger partial charge in [0.1, 0.15) is 0 Å². The van der Waals surface area contributed by atoms with Gasteiger partial charge in [-0.1, -0.05) is 36.0 Å². The summed E-state index contributed by atoms with van der Waals surface area (Å²) in [7, 11) is 0. The van der Waals surface area contributed by atoms with Crippen molar-refractivity contribution in [1.82, 2.24) is 5.32 Å². The first-order chi connectivity index (χ1) is 6.53. The maximum absolute atomic E-state index is 11.5. The maximum Gasteiger partial charge on any atom is 0.257 e. The molecule has 1 N–H and O–H groups in total. The van der Waals surface area contributed by atoms with Gasteiger partial charge < -0.3 is 5.32 Å². The monoisotopic (exact) mass is 255 g/mol. The Kier molecular flexibility index (Phi) is 2.89. The molecule has 1 aliphatic heterocycles. The number of alkyl halides is 3. The predicted octanol–water partition coefficient (Wildman–Crippen LogP) is 2.46. The topological polar surface area (TPSA) is 29.1 Å². The lowest BCUT2D eigenvalue weighted by Crippen LogP contribution is -2.36. The molecule has 0 aromatic carbocycles. The van der Waals surface area contributed by atoms with Crippen LogP contribution in [-0.4, -0.2) is 21.7 Å². The molecule has 1 saturated carbocycles. The molecule has 0 spiro atoms.